The van der Waals surface area contributed by atoms with Crippen molar-refractivity contribution >= 4 is 21.2 Å². The normalized spacial score (nSPS) is 12.1. The quantitative estimate of drug-likeness (QED) is 0.641. The van der Waals surface area contributed by atoms with Gasteiger partial charge >= 0.3 is 0 Å². The Balaban J connectivity index is 2.66. The lowest BCUT2D eigenvalue weighted by Crippen LogP contribution is -1.97. The third-order valence-electron chi connectivity index (χ3n) is 1.95. The van der Waals surface area contributed by atoms with Crippen molar-refractivity contribution in [3.63, 3.8) is 0 Å². The van der Waals surface area contributed by atoms with Gasteiger partial charge in [0.25, 0.3) is 10.1 Å². The lowest BCUT2D eigenvalue weighted by Gasteiger charge is -1.95. The van der Waals surface area contributed by atoms with Crippen molar-refractivity contribution in [1.29, 1.82) is 0 Å². The number of aromatic nitrogens is 2. The van der Waals surface area contributed by atoms with E-state index in [9.17, 15) is 8.42 Å². The molecule has 0 aliphatic carbocycles. The van der Waals surface area contributed by atoms with Gasteiger partial charge in [-0.3, -0.25) is 4.55 Å². The average Bonchev–Trinajstić information content (AvgIpc) is 2.57. The minimum atomic E-state index is -4.20. The van der Waals surface area contributed by atoms with Crippen molar-refractivity contribution in [2.24, 2.45) is 0 Å². The number of hydrogen-bond acceptors (Lipinski definition) is 4. The highest BCUT2D eigenvalue weighted by Crippen LogP contribution is 2.17. The summed E-state index contributed by atoms with van der Waals surface area (Å²) in [7, 11) is -4.20. The number of hydrogen-bond donors (Lipinski definition) is 3. The number of aliphatic hydroxyl groups is 1. The molecular formula is C8H8N2O4S. The standard InChI is InChI=1S/C8H8N2O4S/c11-4-8-9-6-2-1-5(15(12,13)14)3-7(6)10-8/h1-3,11H,4H2,(H,9,10)(H,12,13,14). The molecule has 0 bridgehead atoms. The van der Waals surface area contributed by atoms with Crippen LogP contribution in [0.1, 0.15) is 5.82 Å². The molecule has 0 aliphatic rings. The Bertz CT molecular complexity index is 602. The number of fused-ring (bicyclic) bond motifs is 1. The monoisotopic (exact) mass is 228 g/mol. The Hall–Kier alpha value is -1.44. The maximum Gasteiger partial charge on any atom is 0.294 e. The zero-order chi connectivity index (χ0) is 11.1. The molecule has 0 spiro atoms. The van der Waals surface area contributed by atoms with E-state index < -0.39 is 10.1 Å². The highest BCUT2D eigenvalue weighted by atomic mass is 32.2. The van der Waals surface area contributed by atoms with Crippen LogP contribution >= 0.6 is 0 Å². The molecule has 0 aliphatic heterocycles. The smallest absolute Gasteiger partial charge is 0.294 e. The molecule has 7 heteroatoms. The van der Waals surface area contributed by atoms with Crippen molar-refractivity contribution in [3.05, 3.63) is 24.0 Å². The summed E-state index contributed by atoms with van der Waals surface area (Å²) in [4.78, 5) is 6.49. The topological polar surface area (TPSA) is 103 Å². The largest absolute Gasteiger partial charge is 0.388 e. The van der Waals surface area contributed by atoms with Crippen molar-refractivity contribution in [3.8, 4) is 0 Å². The predicted octanol–water partition coefficient (Wildman–Crippen LogP) is 0.302. The molecule has 0 fully saturated rings. The van der Waals surface area contributed by atoms with E-state index in [0.29, 0.717) is 16.9 Å². The number of aliphatic hydroxyl groups excluding tert-OH is 1. The molecule has 6 nitrogen and oxygen atoms in total. The number of H-pyrrole nitrogens is 1. The molecule has 0 saturated carbocycles. The first-order chi connectivity index (χ1) is 7.00. The molecule has 2 rings (SSSR count). The van der Waals surface area contributed by atoms with E-state index in [1.54, 1.807) is 0 Å². The molecule has 15 heavy (non-hydrogen) atoms. The third-order valence-corrected chi connectivity index (χ3v) is 2.80. The van der Waals surface area contributed by atoms with Crippen LogP contribution in [-0.2, 0) is 16.7 Å². The van der Waals surface area contributed by atoms with E-state index in [0.717, 1.165) is 0 Å². The van der Waals surface area contributed by atoms with Gasteiger partial charge in [-0.25, -0.2) is 4.98 Å². The van der Waals surface area contributed by atoms with Crippen LogP contribution in [0.5, 0.6) is 0 Å². The number of nitrogens with one attached hydrogen (secondary N) is 1. The number of nitrogens with zero attached hydrogens (tertiary/aromatic N) is 1. The molecular weight excluding hydrogens is 220 g/mol. The summed E-state index contributed by atoms with van der Waals surface area (Å²) in [6, 6.07) is 3.96. The van der Waals surface area contributed by atoms with Gasteiger partial charge in [-0.15, -0.1) is 0 Å². The number of imidazole rings is 1. The Morgan fingerprint density at radius 2 is 2.13 bits per heavy atom. The first-order valence-corrected chi connectivity index (χ1v) is 5.52. The highest BCUT2D eigenvalue weighted by Gasteiger charge is 2.11. The van der Waals surface area contributed by atoms with Gasteiger partial charge in [-0.05, 0) is 18.2 Å². The average molecular weight is 228 g/mol. The van der Waals surface area contributed by atoms with Gasteiger partial charge in [-0.1, -0.05) is 0 Å². The second-order valence-corrected chi connectivity index (χ2v) is 4.42. The lowest BCUT2D eigenvalue weighted by atomic mass is 10.3. The van der Waals surface area contributed by atoms with Crippen molar-refractivity contribution in [2.45, 2.75) is 11.5 Å². The fourth-order valence-electron chi connectivity index (χ4n) is 1.28. The van der Waals surface area contributed by atoms with Gasteiger partial charge < -0.3 is 10.1 Å². The zero-order valence-electron chi connectivity index (χ0n) is 7.51. The fraction of sp³-hybridized carbons (Fsp3) is 0.125. The molecule has 1 heterocycles. The van der Waals surface area contributed by atoms with Crippen LogP contribution in [0.25, 0.3) is 11.0 Å². The number of rotatable bonds is 2. The molecule has 1 aromatic carbocycles. The first-order valence-electron chi connectivity index (χ1n) is 4.08. The summed E-state index contributed by atoms with van der Waals surface area (Å²) in [6.45, 7) is -0.254. The molecule has 1 aromatic heterocycles. The van der Waals surface area contributed by atoms with Gasteiger partial charge in [-0.2, -0.15) is 8.42 Å². The van der Waals surface area contributed by atoms with E-state index in [-0.39, 0.29) is 11.5 Å². The van der Waals surface area contributed by atoms with Crippen molar-refractivity contribution < 1.29 is 18.1 Å². The summed E-state index contributed by atoms with van der Waals surface area (Å²) >= 11 is 0. The van der Waals surface area contributed by atoms with Gasteiger partial charge in [0.05, 0.1) is 15.9 Å². The fourth-order valence-corrected chi connectivity index (χ4v) is 1.78. The Labute approximate surface area is 85.3 Å². The van der Waals surface area contributed by atoms with Gasteiger partial charge in [0.15, 0.2) is 0 Å². The Kier molecular flexibility index (Phi) is 2.22. The third kappa shape index (κ3) is 1.84. The van der Waals surface area contributed by atoms with Crippen LogP contribution in [0.3, 0.4) is 0 Å². The van der Waals surface area contributed by atoms with Crippen LogP contribution in [0, 0.1) is 0 Å². The maximum absolute atomic E-state index is 10.8. The van der Waals surface area contributed by atoms with Crippen molar-refractivity contribution in [1.82, 2.24) is 9.97 Å². The molecule has 0 radical (unpaired) electrons. The van der Waals surface area contributed by atoms with Crippen molar-refractivity contribution in [2.75, 3.05) is 0 Å². The van der Waals surface area contributed by atoms with Crippen LogP contribution in [0.2, 0.25) is 0 Å². The van der Waals surface area contributed by atoms with Crippen LogP contribution in [0.4, 0.5) is 0 Å². The first kappa shape index (κ1) is 10.1. The second-order valence-electron chi connectivity index (χ2n) is 3.00. The maximum atomic E-state index is 10.8. The molecule has 0 unspecified atom stereocenters. The van der Waals surface area contributed by atoms with Gasteiger partial charge in [0.2, 0.25) is 0 Å². The second kappa shape index (κ2) is 3.30. The highest BCUT2D eigenvalue weighted by molar-refractivity contribution is 7.85. The van der Waals surface area contributed by atoms with Gasteiger partial charge in [0, 0.05) is 0 Å². The molecule has 3 N–H and O–H groups in total. The van der Waals surface area contributed by atoms with E-state index in [1.807, 2.05) is 0 Å². The van der Waals surface area contributed by atoms with Crippen LogP contribution in [-0.4, -0.2) is 28.0 Å². The van der Waals surface area contributed by atoms with Gasteiger partial charge in [0.1, 0.15) is 12.4 Å². The van der Waals surface area contributed by atoms with E-state index in [4.69, 9.17) is 9.66 Å². The van der Waals surface area contributed by atoms with E-state index >= 15 is 0 Å². The number of aromatic amines is 1. The summed E-state index contributed by atoms with van der Waals surface area (Å²) in [5.41, 5.74) is 0.987. The molecule has 0 amide bonds. The lowest BCUT2D eigenvalue weighted by molar-refractivity contribution is 0.273. The number of benzene rings is 1. The van der Waals surface area contributed by atoms with E-state index in [2.05, 4.69) is 9.97 Å². The zero-order valence-corrected chi connectivity index (χ0v) is 8.32. The molecule has 0 saturated heterocycles. The summed E-state index contributed by atoms with van der Waals surface area (Å²) in [6.07, 6.45) is 0. The molecule has 0 atom stereocenters. The Morgan fingerprint density at radius 3 is 2.73 bits per heavy atom. The minimum absolute atomic E-state index is 0.205. The molecule has 2 aromatic rings. The SMILES string of the molecule is O=S(=O)(O)c1ccc2nc(CO)[nH]c2c1. The summed E-state index contributed by atoms with van der Waals surface area (Å²) in [5, 5.41) is 8.81. The summed E-state index contributed by atoms with van der Waals surface area (Å²) in [5.74, 6) is 0.345. The molecule has 80 valence electrons. The van der Waals surface area contributed by atoms with Crippen LogP contribution in [0.15, 0.2) is 23.1 Å². The van der Waals surface area contributed by atoms with Crippen LogP contribution < -0.4 is 0 Å². The van der Waals surface area contributed by atoms with E-state index in [1.165, 1.54) is 18.2 Å². The summed E-state index contributed by atoms with van der Waals surface area (Å²) < 4.78 is 30.5. The minimum Gasteiger partial charge on any atom is -0.388 e. The predicted molar refractivity (Wildman–Crippen MR) is 51.8 cm³/mol. The Morgan fingerprint density at radius 1 is 1.40 bits per heavy atom.